The molecule has 4 rings (SSSR count). The van der Waals surface area contributed by atoms with E-state index >= 15 is 0 Å². The summed E-state index contributed by atoms with van der Waals surface area (Å²) in [7, 11) is 0. The molecule has 0 amide bonds. The molecule has 0 aliphatic heterocycles. The molecule has 0 aliphatic carbocycles. The smallest absolute Gasteiger partial charge is 0.307 e. The number of carbonyl (C=O) groups is 1. The molecule has 0 fully saturated rings. The van der Waals surface area contributed by atoms with Gasteiger partial charge in [0.25, 0.3) is 0 Å². The molecule has 0 radical (unpaired) electrons. The van der Waals surface area contributed by atoms with Crippen LogP contribution in [0.2, 0.25) is 0 Å². The van der Waals surface area contributed by atoms with E-state index in [1.54, 1.807) is 12.1 Å². The van der Waals surface area contributed by atoms with Crippen molar-refractivity contribution in [2.24, 2.45) is 0 Å². The molecule has 7 nitrogen and oxygen atoms in total. The van der Waals surface area contributed by atoms with Gasteiger partial charge < -0.3 is 14.3 Å². The van der Waals surface area contributed by atoms with Crippen LogP contribution in [0.4, 0.5) is 4.39 Å². The third-order valence-corrected chi connectivity index (χ3v) is 5.27. The Morgan fingerprint density at radius 2 is 1.75 bits per heavy atom. The van der Waals surface area contributed by atoms with Gasteiger partial charge in [-0.3, -0.25) is 15.1 Å². The number of nitrogens with zero attached hydrogens (tertiary/aromatic N) is 1. The number of aryl methyl sites for hydroxylation is 1. The highest BCUT2D eigenvalue weighted by atomic mass is 19.1. The molecule has 184 valence electrons. The van der Waals surface area contributed by atoms with Gasteiger partial charge in [0, 0.05) is 5.56 Å². The second-order valence-corrected chi connectivity index (χ2v) is 7.93. The maximum Gasteiger partial charge on any atom is 0.307 e. The van der Waals surface area contributed by atoms with Crippen LogP contribution in [-0.2, 0) is 22.8 Å². The number of oxazole rings is 1. The Balaban J connectivity index is 1.31. The molecule has 8 heteroatoms. The fourth-order valence-corrected chi connectivity index (χ4v) is 3.33. The summed E-state index contributed by atoms with van der Waals surface area (Å²) in [5.74, 6) is 0.574. The summed E-state index contributed by atoms with van der Waals surface area (Å²) < 4.78 is 24.9. The molecule has 0 spiro atoms. The molecule has 0 bridgehead atoms. The minimum Gasteiger partial charge on any atom is -0.487 e. The second kappa shape index (κ2) is 11.8. The number of benzene rings is 3. The number of carboxylic acid groups (broad SMARTS) is 1. The molecule has 36 heavy (non-hydrogen) atoms. The van der Waals surface area contributed by atoms with E-state index in [0.717, 1.165) is 16.8 Å². The van der Waals surface area contributed by atoms with Gasteiger partial charge >= 0.3 is 5.97 Å². The van der Waals surface area contributed by atoms with Gasteiger partial charge in [-0.25, -0.2) is 9.37 Å². The highest BCUT2D eigenvalue weighted by Gasteiger charge is 2.12. The third-order valence-electron chi connectivity index (χ3n) is 5.27. The zero-order valence-corrected chi connectivity index (χ0v) is 19.6. The zero-order chi connectivity index (χ0) is 25.3. The summed E-state index contributed by atoms with van der Waals surface area (Å²) >= 11 is 0. The highest BCUT2D eigenvalue weighted by Crippen LogP contribution is 2.23. The average molecular weight is 489 g/mol. The van der Waals surface area contributed by atoms with Crippen molar-refractivity contribution >= 4 is 11.7 Å². The molecule has 1 aromatic heterocycles. The number of rotatable bonds is 11. The summed E-state index contributed by atoms with van der Waals surface area (Å²) in [6.45, 7) is 2.35. The molecule has 0 atom stereocenters. The average Bonchev–Trinajstić information content (AvgIpc) is 3.27. The molecule has 0 aliphatic rings. The van der Waals surface area contributed by atoms with E-state index in [4.69, 9.17) is 19.1 Å². The molecule has 4 aromatic rings. The first-order chi connectivity index (χ1) is 17.5. The Bertz CT molecular complexity index is 1320. The Hall–Kier alpha value is -4.43. The van der Waals surface area contributed by atoms with Crippen LogP contribution in [0.15, 0.2) is 89.4 Å². The van der Waals surface area contributed by atoms with E-state index < -0.39 is 5.97 Å². The van der Waals surface area contributed by atoms with Gasteiger partial charge in [-0.2, -0.15) is 0 Å². The normalized spacial score (nSPS) is 11.3. The maximum atomic E-state index is 13.2. The van der Waals surface area contributed by atoms with E-state index in [1.165, 1.54) is 18.2 Å². The summed E-state index contributed by atoms with van der Waals surface area (Å²) in [4.78, 5) is 21.1. The number of nitrogens with one attached hydrogen (secondary N) is 1. The lowest BCUT2D eigenvalue weighted by Gasteiger charge is -2.12. The molecular weight excluding hydrogens is 463 g/mol. The van der Waals surface area contributed by atoms with Crippen molar-refractivity contribution in [3.63, 3.8) is 0 Å². The van der Waals surface area contributed by atoms with Gasteiger partial charge in [0.1, 0.15) is 29.6 Å². The van der Waals surface area contributed by atoms with Crippen LogP contribution < -0.4 is 10.2 Å². The Morgan fingerprint density at radius 1 is 1.03 bits per heavy atom. The van der Waals surface area contributed by atoms with E-state index in [0.29, 0.717) is 28.7 Å². The van der Waals surface area contributed by atoms with Gasteiger partial charge in [0.05, 0.1) is 18.7 Å². The van der Waals surface area contributed by atoms with Gasteiger partial charge in [-0.1, -0.05) is 30.3 Å². The second-order valence-electron chi connectivity index (χ2n) is 7.93. The number of hydrogen-bond donors (Lipinski definition) is 2. The van der Waals surface area contributed by atoms with Crippen molar-refractivity contribution < 1.29 is 28.3 Å². The predicted molar refractivity (Wildman–Crippen MR) is 132 cm³/mol. The fraction of sp³-hybridized carbons (Fsp3) is 0.143. The van der Waals surface area contributed by atoms with Gasteiger partial charge in [0.2, 0.25) is 5.89 Å². The van der Waals surface area contributed by atoms with Crippen molar-refractivity contribution in [2.45, 2.75) is 26.6 Å². The zero-order valence-electron chi connectivity index (χ0n) is 19.6. The number of hydrogen-bond acceptors (Lipinski definition) is 6. The van der Waals surface area contributed by atoms with E-state index in [-0.39, 0.29) is 25.5 Å². The topological polar surface area (TPSA) is 93.8 Å². The SMILES string of the molecule is Cc1oc(-c2ccccc2)nc1COc1ccc(CONC(=CCC(=O)O)c2ccc(F)cc2)cc1. The van der Waals surface area contributed by atoms with Crippen molar-refractivity contribution in [1.29, 1.82) is 0 Å². The number of halogens is 1. The van der Waals surface area contributed by atoms with Crippen molar-refractivity contribution in [3.8, 4) is 17.2 Å². The summed E-state index contributed by atoms with van der Waals surface area (Å²) in [6, 6.07) is 22.8. The van der Waals surface area contributed by atoms with Crippen LogP contribution in [0.1, 0.15) is 29.0 Å². The van der Waals surface area contributed by atoms with Crippen LogP contribution in [0.25, 0.3) is 17.2 Å². The maximum absolute atomic E-state index is 13.2. The Labute approximate surface area is 207 Å². The van der Waals surface area contributed by atoms with Crippen LogP contribution in [0.5, 0.6) is 5.75 Å². The Kier molecular flexibility index (Phi) is 8.10. The van der Waals surface area contributed by atoms with Crippen molar-refractivity contribution in [2.75, 3.05) is 0 Å². The molecule has 0 unspecified atom stereocenters. The highest BCUT2D eigenvalue weighted by molar-refractivity contribution is 5.73. The van der Waals surface area contributed by atoms with Crippen LogP contribution >= 0.6 is 0 Å². The monoisotopic (exact) mass is 488 g/mol. The molecule has 0 saturated heterocycles. The largest absolute Gasteiger partial charge is 0.487 e. The van der Waals surface area contributed by atoms with E-state index in [1.807, 2.05) is 61.5 Å². The number of aromatic nitrogens is 1. The fourth-order valence-electron chi connectivity index (χ4n) is 3.33. The molecule has 0 saturated carbocycles. The number of hydroxylamine groups is 1. The quantitative estimate of drug-likeness (QED) is 0.254. The number of aliphatic carboxylic acids is 1. The van der Waals surface area contributed by atoms with E-state index in [2.05, 4.69) is 10.5 Å². The predicted octanol–water partition coefficient (Wildman–Crippen LogP) is 5.91. The molecule has 3 aromatic carbocycles. The summed E-state index contributed by atoms with van der Waals surface area (Å²) in [5.41, 5.74) is 6.33. The number of ether oxygens (including phenoxy) is 1. The lowest BCUT2D eigenvalue weighted by molar-refractivity contribution is -0.136. The van der Waals surface area contributed by atoms with Gasteiger partial charge in [-0.05, 0) is 72.7 Å². The summed E-state index contributed by atoms with van der Waals surface area (Å²) in [5, 5.41) is 8.97. The van der Waals surface area contributed by atoms with Crippen LogP contribution in [0, 0.1) is 12.7 Å². The number of carboxylic acids is 1. The first kappa shape index (κ1) is 24.7. The van der Waals surface area contributed by atoms with Crippen LogP contribution in [0.3, 0.4) is 0 Å². The van der Waals surface area contributed by atoms with Gasteiger partial charge in [-0.15, -0.1) is 0 Å². The Morgan fingerprint density at radius 3 is 2.44 bits per heavy atom. The van der Waals surface area contributed by atoms with Crippen molar-refractivity contribution in [1.82, 2.24) is 10.5 Å². The molecule has 1 heterocycles. The first-order valence-electron chi connectivity index (χ1n) is 11.3. The molecule has 2 N–H and O–H groups in total. The minimum atomic E-state index is -0.982. The lowest BCUT2D eigenvalue weighted by Crippen LogP contribution is -2.13. The first-order valence-corrected chi connectivity index (χ1v) is 11.3. The minimum absolute atomic E-state index is 0.201. The lowest BCUT2D eigenvalue weighted by atomic mass is 10.1. The third kappa shape index (κ3) is 6.80. The molecular formula is C28H25FN2O5. The summed E-state index contributed by atoms with van der Waals surface area (Å²) in [6.07, 6.45) is 1.27. The van der Waals surface area contributed by atoms with Crippen LogP contribution in [-0.4, -0.2) is 16.1 Å². The standard InChI is InChI=1S/C28H25FN2O5/c1-19-26(30-28(36-19)22-5-3-2-4-6-22)18-34-24-13-7-20(8-14-24)17-35-31-25(15-16-27(32)33)21-9-11-23(29)12-10-21/h2-15,31H,16-18H2,1H3,(H,32,33). The van der Waals surface area contributed by atoms with Crippen molar-refractivity contribution in [3.05, 3.63) is 113 Å². The van der Waals surface area contributed by atoms with E-state index in [9.17, 15) is 9.18 Å². The van der Waals surface area contributed by atoms with Gasteiger partial charge in [0.15, 0.2) is 0 Å².